The van der Waals surface area contributed by atoms with E-state index in [1.54, 1.807) is 18.2 Å². The van der Waals surface area contributed by atoms with Crippen molar-refractivity contribution >= 4 is 22.6 Å². The Kier molecular flexibility index (Phi) is 3.76. The number of benzene rings is 1. The van der Waals surface area contributed by atoms with E-state index in [4.69, 9.17) is 5.73 Å². The Hall–Kier alpha value is -2.41. The van der Waals surface area contributed by atoms with Gasteiger partial charge >= 0.3 is 11.1 Å². The van der Waals surface area contributed by atoms with Gasteiger partial charge < -0.3 is 21.0 Å². The molecule has 19 heavy (non-hydrogen) atoms. The van der Waals surface area contributed by atoms with Crippen molar-refractivity contribution in [3.05, 3.63) is 38.9 Å². The van der Waals surface area contributed by atoms with Gasteiger partial charge in [-0.3, -0.25) is 14.4 Å². The number of anilines is 1. The minimum Gasteiger partial charge on any atom is -0.330 e. The molecular weight excluding hydrogens is 248 g/mol. The average Bonchev–Trinajstić information content (AvgIpc) is 2.38. The number of aromatic amines is 2. The van der Waals surface area contributed by atoms with Gasteiger partial charge in [0.05, 0.1) is 11.0 Å². The first-order valence-electron chi connectivity index (χ1n) is 5.86. The number of hydrogen-bond donors (Lipinski definition) is 4. The number of nitrogens with one attached hydrogen (secondary N) is 3. The largest absolute Gasteiger partial charge is 0.330 e. The SMILES string of the molecule is NCCCC(=O)Nc1ccc2[nH]c(=O)c(=O)[nH]c2c1. The van der Waals surface area contributed by atoms with Crippen molar-refractivity contribution in [1.82, 2.24) is 9.97 Å². The lowest BCUT2D eigenvalue weighted by Gasteiger charge is -2.05. The molecule has 0 fully saturated rings. The number of rotatable bonds is 4. The normalized spacial score (nSPS) is 10.6. The first-order valence-corrected chi connectivity index (χ1v) is 5.86. The van der Waals surface area contributed by atoms with Gasteiger partial charge in [-0.05, 0) is 31.2 Å². The fourth-order valence-corrected chi connectivity index (χ4v) is 1.68. The third-order valence-electron chi connectivity index (χ3n) is 2.61. The molecular formula is C12H14N4O3. The molecule has 0 saturated carbocycles. The zero-order valence-corrected chi connectivity index (χ0v) is 10.2. The highest BCUT2D eigenvalue weighted by Gasteiger charge is 2.04. The Bertz CT molecular complexity index is 717. The molecule has 1 heterocycles. The second kappa shape index (κ2) is 5.49. The minimum atomic E-state index is -0.723. The van der Waals surface area contributed by atoms with Crippen LogP contribution >= 0.6 is 0 Å². The first-order chi connectivity index (χ1) is 9.10. The monoisotopic (exact) mass is 262 g/mol. The second-order valence-corrected chi connectivity index (χ2v) is 4.11. The topological polar surface area (TPSA) is 121 Å². The van der Waals surface area contributed by atoms with Crippen molar-refractivity contribution in [2.24, 2.45) is 5.73 Å². The lowest BCUT2D eigenvalue weighted by atomic mass is 10.2. The molecule has 5 N–H and O–H groups in total. The summed E-state index contributed by atoms with van der Waals surface area (Å²) >= 11 is 0. The first kappa shape index (κ1) is 13.0. The molecule has 0 saturated heterocycles. The van der Waals surface area contributed by atoms with Crippen LogP contribution in [0.4, 0.5) is 5.69 Å². The van der Waals surface area contributed by atoms with Crippen LogP contribution < -0.4 is 22.2 Å². The van der Waals surface area contributed by atoms with E-state index in [1.807, 2.05) is 0 Å². The molecule has 7 heteroatoms. The summed E-state index contributed by atoms with van der Waals surface area (Å²) in [4.78, 5) is 38.8. The lowest BCUT2D eigenvalue weighted by molar-refractivity contribution is -0.116. The molecule has 1 aromatic carbocycles. The predicted molar refractivity (Wildman–Crippen MR) is 72.1 cm³/mol. The number of carbonyl (C=O) groups excluding carboxylic acids is 1. The number of H-pyrrole nitrogens is 2. The van der Waals surface area contributed by atoms with Crippen molar-refractivity contribution in [1.29, 1.82) is 0 Å². The Morgan fingerprint density at radius 1 is 1.16 bits per heavy atom. The van der Waals surface area contributed by atoms with Gasteiger partial charge in [-0.1, -0.05) is 0 Å². The summed E-state index contributed by atoms with van der Waals surface area (Å²) in [6.07, 6.45) is 0.959. The lowest BCUT2D eigenvalue weighted by Crippen LogP contribution is -2.28. The van der Waals surface area contributed by atoms with E-state index in [0.717, 1.165) is 0 Å². The molecule has 7 nitrogen and oxygen atoms in total. The minimum absolute atomic E-state index is 0.142. The summed E-state index contributed by atoms with van der Waals surface area (Å²) in [7, 11) is 0. The molecule has 0 radical (unpaired) electrons. The van der Waals surface area contributed by atoms with E-state index in [1.165, 1.54) is 0 Å². The van der Waals surface area contributed by atoms with E-state index >= 15 is 0 Å². The summed E-state index contributed by atoms with van der Waals surface area (Å²) in [5, 5.41) is 2.69. The summed E-state index contributed by atoms with van der Waals surface area (Å²) in [5.41, 5.74) is 5.41. The van der Waals surface area contributed by atoms with Crippen molar-refractivity contribution in [2.75, 3.05) is 11.9 Å². The highest BCUT2D eigenvalue weighted by Crippen LogP contribution is 2.14. The standard InChI is InChI=1S/C12H14N4O3/c13-5-1-2-10(17)14-7-3-4-8-9(6-7)16-12(19)11(18)15-8/h3-4,6H,1-2,5,13H2,(H,14,17)(H,15,18)(H,16,19). The van der Waals surface area contributed by atoms with E-state index in [0.29, 0.717) is 36.1 Å². The van der Waals surface area contributed by atoms with Crippen LogP contribution in [0.25, 0.3) is 11.0 Å². The Morgan fingerprint density at radius 3 is 2.53 bits per heavy atom. The fourth-order valence-electron chi connectivity index (χ4n) is 1.68. The third-order valence-corrected chi connectivity index (χ3v) is 2.61. The number of aromatic nitrogens is 2. The van der Waals surface area contributed by atoms with Crippen LogP contribution in [0, 0.1) is 0 Å². The molecule has 1 aromatic heterocycles. The van der Waals surface area contributed by atoms with Crippen LogP contribution in [0.2, 0.25) is 0 Å². The molecule has 0 aliphatic heterocycles. The van der Waals surface area contributed by atoms with Gasteiger partial charge in [0.25, 0.3) is 0 Å². The van der Waals surface area contributed by atoms with Crippen molar-refractivity contribution < 1.29 is 4.79 Å². The Labute approximate surface area is 107 Å². The molecule has 0 unspecified atom stereocenters. The molecule has 2 rings (SSSR count). The number of nitrogens with two attached hydrogens (primary N) is 1. The van der Waals surface area contributed by atoms with E-state index in [-0.39, 0.29) is 5.91 Å². The number of carbonyl (C=O) groups is 1. The summed E-state index contributed by atoms with van der Waals surface area (Å²) in [6, 6.07) is 4.86. The Balaban J connectivity index is 2.26. The predicted octanol–water partition coefficient (Wildman–Crippen LogP) is -0.106. The molecule has 0 bridgehead atoms. The quantitative estimate of drug-likeness (QED) is 0.574. The highest BCUT2D eigenvalue weighted by molar-refractivity contribution is 5.92. The zero-order chi connectivity index (χ0) is 13.8. The van der Waals surface area contributed by atoms with Gasteiger partial charge in [-0.25, -0.2) is 0 Å². The number of hydrogen-bond acceptors (Lipinski definition) is 4. The smallest absolute Gasteiger partial charge is 0.314 e. The van der Waals surface area contributed by atoms with E-state index < -0.39 is 11.1 Å². The maximum atomic E-state index is 11.5. The van der Waals surface area contributed by atoms with Crippen LogP contribution in [0.15, 0.2) is 27.8 Å². The molecule has 100 valence electrons. The van der Waals surface area contributed by atoms with Crippen LogP contribution in [0.3, 0.4) is 0 Å². The summed E-state index contributed by atoms with van der Waals surface area (Å²) < 4.78 is 0. The van der Waals surface area contributed by atoms with Crippen LogP contribution in [0.1, 0.15) is 12.8 Å². The van der Waals surface area contributed by atoms with Crippen LogP contribution in [-0.2, 0) is 4.79 Å². The number of amides is 1. The van der Waals surface area contributed by atoms with Crippen molar-refractivity contribution in [2.45, 2.75) is 12.8 Å². The van der Waals surface area contributed by atoms with Gasteiger partial charge in [0.1, 0.15) is 0 Å². The zero-order valence-electron chi connectivity index (χ0n) is 10.2. The number of fused-ring (bicyclic) bond motifs is 1. The molecule has 2 aromatic rings. The summed E-state index contributed by atoms with van der Waals surface area (Å²) in [6.45, 7) is 0.458. The molecule has 0 spiro atoms. The Morgan fingerprint density at radius 2 is 1.84 bits per heavy atom. The maximum absolute atomic E-state index is 11.5. The molecule has 0 aliphatic carbocycles. The highest BCUT2D eigenvalue weighted by atomic mass is 16.2. The van der Waals surface area contributed by atoms with Gasteiger partial charge in [-0.15, -0.1) is 0 Å². The van der Waals surface area contributed by atoms with Crippen LogP contribution in [0.5, 0.6) is 0 Å². The molecule has 0 atom stereocenters. The van der Waals surface area contributed by atoms with Crippen LogP contribution in [-0.4, -0.2) is 22.4 Å². The fraction of sp³-hybridized carbons (Fsp3) is 0.250. The van der Waals surface area contributed by atoms with Crippen molar-refractivity contribution in [3.63, 3.8) is 0 Å². The molecule has 1 amide bonds. The van der Waals surface area contributed by atoms with E-state index in [2.05, 4.69) is 15.3 Å². The molecule has 0 aliphatic rings. The maximum Gasteiger partial charge on any atom is 0.314 e. The van der Waals surface area contributed by atoms with Gasteiger partial charge in [0.2, 0.25) is 5.91 Å². The summed E-state index contributed by atoms with van der Waals surface area (Å²) in [5.74, 6) is -0.142. The van der Waals surface area contributed by atoms with Gasteiger partial charge in [0.15, 0.2) is 0 Å². The van der Waals surface area contributed by atoms with Gasteiger partial charge in [0, 0.05) is 12.1 Å². The van der Waals surface area contributed by atoms with Gasteiger partial charge in [-0.2, -0.15) is 0 Å². The third kappa shape index (κ3) is 3.08. The van der Waals surface area contributed by atoms with Crippen molar-refractivity contribution in [3.8, 4) is 0 Å². The van der Waals surface area contributed by atoms with E-state index in [9.17, 15) is 14.4 Å². The average molecular weight is 262 g/mol. The second-order valence-electron chi connectivity index (χ2n) is 4.11.